The zero-order valence-corrected chi connectivity index (χ0v) is 17.4. The van der Waals surface area contributed by atoms with Crippen molar-refractivity contribution < 1.29 is 14.1 Å². The molecule has 0 saturated heterocycles. The molecule has 1 unspecified atom stereocenters. The molecule has 9 nitrogen and oxygen atoms in total. The van der Waals surface area contributed by atoms with E-state index >= 15 is 0 Å². The number of halogens is 2. The summed E-state index contributed by atoms with van der Waals surface area (Å²) in [5.74, 6) is -0.889. The summed E-state index contributed by atoms with van der Waals surface area (Å²) in [5.41, 5.74) is 1.50. The molecule has 0 spiro atoms. The summed E-state index contributed by atoms with van der Waals surface area (Å²) >= 11 is 6.08. The van der Waals surface area contributed by atoms with Gasteiger partial charge in [0.2, 0.25) is 0 Å². The maximum absolute atomic E-state index is 14.1. The van der Waals surface area contributed by atoms with Crippen LogP contribution in [0.15, 0.2) is 30.3 Å². The first-order chi connectivity index (χ1) is 14.2. The molecule has 1 atom stereocenters. The highest BCUT2D eigenvalue weighted by Crippen LogP contribution is 2.23. The highest BCUT2D eigenvalue weighted by Gasteiger charge is 2.27. The average molecular weight is 435 g/mol. The number of hydrogen-bond donors (Lipinski definition) is 1. The Bertz CT molecular complexity index is 1090. The maximum Gasteiger partial charge on any atom is 0.390 e. The highest BCUT2D eigenvalue weighted by molar-refractivity contribution is 6.31. The van der Waals surface area contributed by atoms with Gasteiger partial charge in [0.05, 0.1) is 23.4 Å². The van der Waals surface area contributed by atoms with Gasteiger partial charge in [-0.1, -0.05) is 24.6 Å². The fourth-order valence-corrected chi connectivity index (χ4v) is 3.34. The van der Waals surface area contributed by atoms with Gasteiger partial charge in [-0.25, -0.2) is 4.39 Å². The quantitative estimate of drug-likeness (QED) is 0.446. The van der Waals surface area contributed by atoms with Crippen molar-refractivity contribution in [1.82, 2.24) is 19.6 Å². The van der Waals surface area contributed by atoms with Gasteiger partial charge < -0.3 is 15.4 Å². The van der Waals surface area contributed by atoms with Crippen molar-refractivity contribution in [1.29, 1.82) is 0 Å². The second kappa shape index (κ2) is 8.62. The van der Waals surface area contributed by atoms with Crippen molar-refractivity contribution in [3.05, 3.63) is 68.2 Å². The zero-order valence-electron chi connectivity index (χ0n) is 16.6. The molecule has 0 aliphatic carbocycles. The molecule has 0 aliphatic heterocycles. The normalized spacial score (nSPS) is 12.0. The number of carbonyl (C=O) groups excluding carboxylic acids is 1. The zero-order chi connectivity index (χ0) is 22.0. The molecule has 3 aromatic rings. The van der Waals surface area contributed by atoms with E-state index < -0.39 is 22.7 Å². The Morgan fingerprint density at radius 1 is 1.30 bits per heavy atom. The minimum atomic E-state index is -0.745. The molecule has 0 saturated carbocycles. The summed E-state index contributed by atoms with van der Waals surface area (Å²) in [6, 6.07) is 6.66. The van der Waals surface area contributed by atoms with E-state index in [9.17, 15) is 19.3 Å². The third kappa shape index (κ3) is 4.33. The van der Waals surface area contributed by atoms with Gasteiger partial charge in [-0.15, -0.1) is 0 Å². The van der Waals surface area contributed by atoms with Gasteiger partial charge in [0.1, 0.15) is 5.82 Å². The molecule has 1 amide bonds. The minimum Gasteiger partial charge on any atom is -0.358 e. The monoisotopic (exact) mass is 434 g/mol. The van der Waals surface area contributed by atoms with E-state index in [1.165, 1.54) is 27.6 Å². The Balaban J connectivity index is 1.80. The number of hydrogen-bond acceptors (Lipinski definition) is 5. The van der Waals surface area contributed by atoms with Crippen molar-refractivity contribution >= 4 is 29.1 Å². The Morgan fingerprint density at radius 3 is 2.63 bits per heavy atom. The maximum atomic E-state index is 14.1. The number of amides is 1. The summed E-state index contributed by atoms with van der Waals surface area (Å²) in [6.45, 7) is 5.30. The average Bonchev–Trinajstić information content (AvgIpc) is 3.22. The van der Waals surface area contributed by atoms with Crippen molar-refractivity contribution in [2.24, 2.45) is 0 Å². The predicted octanol–water partition coefficient (Wildman–Crippen LogP) is 4.04. The molecule has 1 aromatic carbocycles. The molecule has 0 aliphatic rings. The van der Waals surface area contributed by atoms with Crippen LogP contribution in [-0.2, 0) is 11.3 Å². The van der Waals surface area contributed by atoms with Crippen LogP contribution in [0.3, 0.4) is 0 Å². The van der Waals surface area contributed by atoms with Crippen LogP contribution in [0.4, 0.5) is 16.0 Å². The first-order valence-electron chi connectivity index (χ1n) is 9.20. The molecule has 0 fully saturated rings. The second-order valence-corrected chi connectivity index (χ2v) is 7.19. The second-order valence-electron chi connectivity index (χ2n) is 6.79. The number of nitro groups is 1. The van der Waals surface area contributed by atoms with Gasteiger partial charge in [-0.2, -0.15) is 9.78 Å². The standard InChI is InChI=1S/C19H20ClFN6O3/c1-4-16(26-12(3)9-18(24-26)27(29)30)19(28)22-17-8-11(2)25(23-17)10-13-14(20)6-5-7-15(13)21/h5-9,16H,4,10H2,1-3H3,(H,22,23,28). The fourth-order valence-electron chi connectivity index (χ4n) is 3.12. The summed E-state index contributed by atoms with van der Waals surface area (Å²) in [5, 5.41) is 22.2. The molecule has 11 heteroatoms. The minimum absolute atomic E-state index is 0.106. The lowest BCUT2D eigenvalue weighted by Gasteiger charge is -2.13. The predicted molar refractivity (Wildman–Crippen MR) is 109 cm³/mol. The first kappa shape index (κ1) is 21.4. The third-order valence-corrected chi connectivity index (χ3v) is 5.04. The van der Waals surface area contributed by atoms with Gasteiger partial charge in [-0.3, -0.25) is 9.48 Å². The number of carbonyl (C=O) groups is 1. The van der Waals surface area contributed by atoms with Crippen LogP contribution >= 0.6 is 11.6 Å². The van der Waals surface area contributed by atoms with Crippen LogP contribution in [0.2, 0.25) is 5.02 Å². The topological polar surface area (TPSA) is 108 Å². The van der Waals surface area contributed by atoms with Gasteiger partial charge in [0.15, 0.2) is 11.9 Å². The molecule has 2 aromatic heterocycles. The number of aromatic nitrogens is 4. The highest BCUT2D eigenvalue weighted by atomic mass is 35.5. The van der Waals surface area contributed by atoms with Crippen molar-refractivity contribution in [2.75, 3.05) is 5.32 Å². The summed E-state index contributed by atoms with van der Waals surface area (Å²) in [6.07, 6.45) is 0.371. The van der Waals surface area contributed by atoms with Gasteiger partial charge >= 0.3 is 5.82 Å². The van der Waals surface area contributed by atoms with E-state index in [1.54, 1.807) is 32.9 Å². The molecule has 30 heavy (non-hydrogen) atoms. The summed E-state index contributed by atoms with van der Waals surface area (Å²) < 4.78 is 16.9. The third-order valence-electron chi connectivity index (χ3n) is 4.68. The van der Waals surface area contributed by atoms with E-state index in [4.69, 9.17) is 11.6 Å². The Hall–Kier alpha value is -3.27. The SMILES string of the molecule is CCC(C(=O)Nc1cc(C)n(Cc2c(F)cccc2Cl)n1)n1nc([N+](=O)[O-])cc1C. The van der Waals surface area contributed by atoms with Crippen LogP contribution in [0.5, 0.6) is 0 Å². The lowest BCUT2D eigenvalue weighted by atomic mass is 10.2. The molecule has 0 radical (unpaired) electrons. The lowest BCUT2D eigenvalue weighted by Crippen LogP contribution is -2.27. The van der Waals surface area contributed by atoms with E-state index in [1.807, 2.05) is 0 Å². The lowest BCUT2D eigenvalue weighted by molar-refractivity contribution is -0.389. The number of aryl methyl sites for hydroxylation is 2. The molecule has 158 valence electrons. The molecular formula is C19H20ClFN6O3. The van der Waals surface area contributed by atoms with Crippen LogP contribution < -0.4 is 5.32 Å². The Morgan fingerprint density at radius 2 is 2.03 bits per heavy atom. The van der Waals surface area contributed by atoms with Gasteiger partial charge in [0, 0.05) is 22.3 Å². The van der Waals surface area contributed by atoms with E-state index in [0.717, 1.165) is 0 Å². The number of nitrogens with zero attached hydrogens (tertiary/aromatic N) is 5. The van der Waals surface area contributed by atoms with Crippen molar-refractivity contribution in [3.63, 3.8) is 0 Å². The number of rotatable bonds is 7. The van der Waals surface area contributed by atoms with Crippen LogP contribution in [0.25, 0.3) is 0 Å². The fraction of sp³-hybridized carbons (Fsp3) is 0.316. The van der Waals surface area contributed by atoms with Gasteiger partial charge in [-0.05, 0) is 37.3 Å². The van der Waals surface area contributed by atoms with Crippen molar-refractivity contribution in [2.45, 2.75) is 39.8 Å². The first-order valence-corrected chi connectivity index (χ1v) is 9.57. The molecule has 1 N–H and O–H groups in total. The molecule has 0 bridgehead atoms. The Labute approximate surface area is 176 Å². The molecular weight excluding hydrogens is 415 g/mol. The van der Waals surface area contributed by atoms with Crippen LogP contribution in [0, 0.1) is 29.8 Å². The largest absolute Gasteiger partial charge is 0.390 e. The Kier molecular flexibility index (Phi) is 6.16. The van der Waals surface area contributed by atoms with E-state index in [2.05, 4.69) is 15.5 Å². The van der Waals surface area contributed by atoms with E-state index in [-0.39, 0.29) is 23.2 Å². The van der Waals surface area contributed by atoms with E-state index in [0.29, 0.717) is 23.4 Å². The van der Waals surface area contributed by atoms with Crippen molar-refractivity contribution in [3.8, 4) is 0 Å². The number of anilines is 1. The summed E-state index contributed by atoms with van der Waals surface area (Å²) in [4.78, 5) is 23.1. The smallest absolute Gasteiger partial charge is 0.358 e. The molecule has 3 rings (SSSR count). The van der Waals surface area contributed by atoms with Crippen LogP contribution in [-0.4, -0.2) is 30.4 Å². The van der Waals surface area contributed by atoms with Gasteiger partial charge in [0.25, 0.3) is 5.91 Å². The molecule has 2 heterocycles. The number of nitrogens with one attached hydrogen (secondary N) is 1. The number of benzene rings is 1. The summed E-state index contributed by atoms with van der Waals surface area (Å²) in [7, 11) is 0. The van der Waals surface area contributed by atoms with Crippen LogP contribution in [0.1, 0.15) is 36.3 Å².